The van der Waals surface area contributed by atoms with E-state index >= 15 is 0 Å². The van der Waals surface area contributed by atoms with Gasteiger partial charge in [0.1, 0.15) is 0 Å². The summed E-state index contributed by atoms with van der Waals surface area (Å²) in [5.74, 6) is 0.425. The Morgan fingerprint density at radius 1 is 1.15 bits per heavy atom. The van der Waals surface area contributed by atoms with Crippen LogP contribution >= 0.6 is 11.6 Å². The number of carbonyl (C=O) groups is 1. The smallest absolute Gasteiger partial charge is 0.416 e. The number of hydrogen-bond acceptors (Lipinski definition) is 3. The number of fused-ring (bicyclic) bond motifs is 2. The largest absolute Gasteiger partial charge is 0.454 e. The molecule has 2 aromatic carbocycles. The van der Waals surface area contributed by atoms with Crippen molar-refractivity contribution < 1.29 is 27.4 Å². The monoisotopic (exact) mass is 383 g/mol. The van der Waals surface area contributed by atoms with Crippen molar-refractivity contribution in [3.8, 4) is 11.5 Å². The maximum atomic E-state index is 12.9. The summed E-state index contributed by atoms with van der Waals surface area (Å²) in [7, 11) is 0. The van der Waals surface area contributed by atoms with E-state index in [1.165, 1.54) is 23.1 Å². The summed E-state index contributed by atoms with van der Waals surface area (Å²) >= 11 is 6.13. The summed E-state index contributed by atoms with van der Waals surface area (Å²) in [4.78, 5) is 14.4. The third-order valence-electron chi connectivity index (χ3n) is 4.44. The van der Waals surface area contributed by atoms with Gasteiger partial charge in [0.15, 0.2) is 11.5 Å². The normalized spacial score (nSPS) is 15.8. The molecule has 0 bridgehead atoms. The fourth-order valence-electron chi connectivity index (χ4n) is 3.23. The summed E-state index contributed by atoms with van der Waals surface area (Å²) in [6.07, 6.45) is -3.34. The maximum absolute atomic E-state index is 12.9. The molecule has 4 nitrogen and oxygen atoms in total. The Kier molecular flexibility index (Phi) is 3.99. The molecule has 26 heavy (non-hydrogen) atoms. The quantitative estimate of drug-likeness (QED) is 0.717. The van der Waals surface area contributed by atoms with Crippen molar-refractivity contribution in [3.05, 3.63) is 52.0 Å². The van der Waals surface area contributed by atoms with Gasteiger partial charge >= 0.3 is 6.18 Å². The highest BCUT2D eigenvalue weighted by atomic mass is 35.5. The first kappa shape index (κ1) is 17.0. The molecule has 0 aliphatic carbocycles. The number of rotatable bonds is 1. The van der Waals surface area contributed by atoms with E-state index in [0.29, 0.717) is 47.7 Å². The highest BCUT2D eigenvalue weighted by Gasteiger charge is 2.33. The van der Waals surface area contributed by atoms with Gasteiger partial charge in [-0.15, -0.1) is 0 Å². The zero-order valence-electron chi connectivity index (χ0n) is 13.4. The number of ether oxygens (including phenoxy) is 2. The van der Waals surface area contributed by atoms with Gasteiger partial charge in [-0.2, -0.15) is 13.2 Å². The molecule has 0 fully saturated rings. The van der Waals surface area contributed by atoms with Crippen molar-refractivity contribution in [2.45, 2.75) is 19.0 Å². The van der Waals surface area contributed by atoms with Crippen molar-refractivity contribution >= 4 is 23.2 Å². The van der Waals surface area contributed by atoms with Gasteiger partial charge in [0.2, 0.25) is 6.79 Å². The van der Waals surface area contributed by atoms with Crippen LogP contribution in [-0.4, -0.2) is 19.2 Å². The number of halogens is 4. The fourth-order valence-corrected chi connectivity index (χ4v) is 3.50. The van der Waals surface area contributed by atoms with Gasteiger partial charge in [0.25, 0.3) is 5.91 Å². The highest BCUT2D eigenvalue weighted by molar-refractivity contribution is 6.33. The summed E-state index contributed by atoms with van der Waals surface area (Å²) in [6, 6.07) is 6.48. The fraction of sp³-hybridized carbons (Fsp3) is 0.278. The molecule has 136 valence electrons. The van der Waals surface area contributed by atoms with E-state index in [-0.39, 0.29) is 17.7 Å². The first-order valence-corrected chi connectivity index (χ1v) is 8.33. The topological polar surface area (TPSA) is 38.8 Å². The molecule has 2 aliphatic heterocycles. The minimum absolute atomic E-state index is 0.0272. The molecular weight excluding hydrogens is 371 g/mol. The van der Waals surface area contributed by atoms with Gasteiger partial charge in [-0.3, -0.25) is 4.79 Å². The summed E-state index contributed by atoms with van der Waals surface area (Å²) < 4.78 is 49.3. The number of benzene rings is 2. The first-order valence-electron chi connectivity index (χ1n) is 7.96. The van der Waals surface area contributed by atoms with Gasteiger partial charge in [0.05, 0.1) is 10.6 Å². The lowest BCUT2D eigenvalue weighted by Crippen LogP contribution is -2.35. The molecule has 2 heterocycles. The Bertz CT molecular complexity index is 898. The van der Waals surface area contributed by atoms with Gasteiger partial charge < -0.3 is 14.4 Å². The second-order valence-corrected chi connectivity index (χ2v) is 6.50. The molecule has 0 unspecified atom stereocenters. The van der Waals surface area contributed by atoms with Crippen LogP contribution in [0.4, 0.5) is 18.9 Å². The number of alkyl halides is 3. The van der Waals surface area contributed by atoms with Crippen LogP contribution in [0.25, 0.3) is 0 Å². The van der Waals surface area contributed by atoms with E-state index in [4.69, 9.17) is 21.1 Å². The third kappa shape index (κ3) is 2.86. The average molecular weight is 384 g/mol. The minimum atomic E-state index is -4.41. The maximum Gasteiger partial charge on any atom is 0.416 e. The first-order chi connectivity index (χ1) is 12.3. The predicted molar refractivity (Wildman–Crippen MR) is 89.0 cm³/mol. The van der Waals surface area contributed by atoms with Gasteiger partial charge in [-0.25, -0.2) is 0 Å². The Labute approximate surface area is 152 Å². The second-order valence-electron chi connectivity index (χ2n) is 6.09. The molecule has 0 spiro atoms. The summed E-state index contributed by atoms with van der Waals surface area (Å²) in [5, 5.41) is 0.257. The van der Waals surface area contributed by atoms with E-state index in [9.17, 15) is 18.0 Å². The molecule has 0 N–H and O–H groups in total. The lowest BCUT2D eigenvalue weighted by molar-refractivity contribution is -0.137. The molecule has 8 heteroatoms. The molecule has 0 atom stereocenters. The van der Waals surface area contributed by atoms with Crippen molar-refractivity contribution in [1.82, 2.24) is 0 Å². The van der Waals surface area contributed by atoms with Crippen LogP contribution in [0.3, 0.4) is 0 Å². The summed E-state index contributed by atoms with van der Waals surface area (Å²) in [5.41, 5.74) is 0.581. The highest BCUT2D eigenvalue weighted by Crippen LogP contribution is 2.41. The van der Waals surface area contributed by atoms with E-state index in [2.05, 4.69) is 0 Å². The van der Waals surface area contributed by atoms with Gasteiger partial charge in [-0.05, 0) is 48.7 Å². The molecule has 0 saturated carbocycles. The number of anilines is 1. The average Bonchev–Trinajstić information content (AvgIpc) is 3.08. The SMILES string of the molecule is O=C(c1cc(Cl)c2c(c1)OCO2)N1CCCc2cc(C(F)(F)F)ccc21. The zero-order chi connectivity index (χ0) is 18.5. The minimum Gasteiger partial charge on any atom is -0.454 e. The van der Waals surface area contributed by atoms with E-state index in [1.807, 2.05) is 0 Å². The lowest BCUT2D eigenvalue weighted by atomic mass is 9.98. The van der Waals surface area contributed by atoms with Crippen molar-refractivity contribution in [1.29, 1.82) is 0 Å². The predicted octanol–water partition coefficient (Wildman–Crippen LogP) is 4.68. The van der Waals surface area contributed by atoms with E-state index in [0.717, 1.165) is 12.1 Å². The standard InChI is InChI=1S/C18H13ClF3NO3/c19-13-7-11(8-15-16(13)26-9-25-15)17(24)23-5-1-2-10-6-12(18(20,21)22)3-4-14(10)23/h3-4,6-8H,1-2,5,9H2. The second kappa shape index (κ2) is 6.09. The number of amides is 1. The Morgan fingerprint density at radius 3 is 2.73 bits per heavy atom. The molecule has 2 aliphatic rings. The van der Waals surface area contributed by atoms with Gasteiger partial charge in [0, 0.05) is 17.8 Å². The Morgan fingerprint density at radius 2 is 1.96 bits per heavy atom. The molecule has 4 rings (SSSR count). The lowest BCUT2D eigenvalue weighted by Gasteiger charge is -2.30. The van der Waals surface area contributed by atoms with Crippen molar-refractivity contribution in [3.63, 3.8) is 0 Å². The number of hydrogen-bond donors (Lipinski definition) is 0. The van der Waals surface area contributed by atoms with Crippen LogP contribution in [-0.2, 0) is 12.6 Å². The van der Waals surface area contributed by atoms with Crippen molar-refractivity contribution in [2.24, 2.45) is 0 Å². The number of nitrogens with zero attached hydrogens (tertiary/aromatic N) is 1. The third-order valence-corrected chi connectivity index (χ3v) is 4.73. The van der Waals surface area contributed by atoms with Crippen LogP contribution < -0.4 is 14.4 Å². The van der Waals surface area contributed by atoms with Crippen LogP contribution in [0, 0.1) is 0 Å². The van der Waals surface area contributed by atoms with E-state index < -0.39 is 11.7 Å². The Hall–Kier alpha value is -2.41. The molecule has 0 saturated heterocycles. The van der Waals surface area contributed by atoms with Crippen LogP contribution in [0.5, 0.6) is 11.5 Å². The van der Waals surface area contributed by atoms with Crippen LogP contribution in [0.2, 0.25) is 5.02 Å². The Balaban J connectivity index is 1.70. The van der Waals surface area contributed by atoms with Crippen molar-refractivity contribution in [2.75, 3.05) is 18.2 Å². The molecular formula is C18H13ClF3NO3. The summed E-state index contributed by atoms with van der Waals surface area (Å²) in [6.45, 7) is 0.447. The zero-order valence-corrected chi connectivity index (χ0v) is 14.2. The molecule has 1 amide bonds. The van der Waals surface area contributed by atoms with Gasteiger partial charge in [-0.1, -0.05) is 11.6 Å². The number of aryl methyl sites for hydroxylation is 1. The van der Waals surface area contributed by atoms with E-state index in [1.54, 1.807) is 0 Å². The molecule has 2 aromatic rings. The van der Waals surface area contributed by atoms with Crippen LogP contribution in [0.15, 0.2) is 30.3 Å². The molecule has 0 radical (unpaired) electrons. The van der Waals surface area contributed by atoms with Crippen LogP contribution in [0.1, 0.15) is 27.9 Å². The number of carbonyl (C=O) groups excluding carboxylic acids is 1. The molecule has 0 aromatic heterocycles.